The number of benzene rings is 2. The molecular formula is C16H14ClF2NO2S. The number of carbonyl (C=O) groups excluding carboxylic acids is 1. The number of amides is 1. The maximum Gasteiger partial charge on any atom is 0.234 e. The van der Waals surface area contributed by atoms with Gasteiger partial charge in [-0.05, 0) is 35.9 Å². The van der Waals surface area contributed by atoms with E-state index in [1.807, 2.05) is 0 Å². The molecule has 0 atom stereocenters. The highest BCUT2D eigenvalue weighted by atomic mass is 35.5. The van der Waals surface area contributed by atoms with Gasteiger partial charge >= 0.3 is 0 Å². The quantitative estimate of drug-likeness (QED) is 0.827. The number of hydrogen-bond donors (Lipinski definition) is 1. The van der Waals surface area contributed by atoms with Crippen molar-refractivity contribution in [1.82, 2.24) is 0 Å². The van der Waals surface area contributed by atoms with Gasteiger partial charge in [0.2, 0.25) is 5.91 Å². The van der Waals surface area contributed by atoms with Crippen molar-refractivity contribution in [2.45, 2.75) is 5.75 Å². The van der Waals surface area contributed by atoms with E-state index in [0.29, 0.717) is 11.4 Å². The van der Waals surface area contributed by atoms with Gasteiger partial charge in [0.1, 0.15) is 5.82 Å². The second kappa shape index (κ2) is 8.17. The van der Waals surface area contributed by atoms with E-state index in [2.05, 4.69) is 5.32 Å². The van der Waals surface area contributed by atoms with Gasteiger partial charge in [-0.3, -0.25) is 4.79 Å². The van der Waals surface area contributed by atoms with E-state index in [9.17, 15) is 13.6 Å². The summed E-state index contributed by atoms with van der Waals surface area (Å²) >= 11 is 6.98. The largest absolute Gasteiger partial charge is 0.494 e. The smallest absolute Gasteiger partial charge is 0.234 e. The third-order valence-electron chi connectivity index (χ3n) is 2.92. The summed E-state index contributed by atoms with van der Waals surface area (Å²) in [6, 6.07) is 8.63. The third-order valence-corrected chi connectivity index (χ3v) is 4.21. The first-order valence-electron chi connectivity index (χ1n) is 6.64. The fraction of sp³-hybridized carbons (Fsp3) is 0.188. The minimum absolute atomic E-state index is 0.0517. The number of thioether (sulfide) groups is 1. The molecule has 23 heavy (non-hydrogen) atoms. The minimum Gasteiger partial charge on any atom is -0.494 e. The van der Waals surface area contributed by atoms with Crippen LogP contribution in [-0.4, -0.2) is 18.8 Å². The standard InChI is InChI=1S/C16H14ClF2NO2S/c1-22-15-5-2-10(6-14(15)19)8-23-9-16(21)20-11-3-4-13(18)12(17)7-11/h2-7H,8-9H2,1H3,(H,20,21). The summed E-state index contributed by atoms with van der Waals surface area (Å²) in [5.41, 5.74) is 1.18. The molecule has 0 radical (unpaired) electrons. The number of hydrogen-bond acceptors (Lipinski definition) is 3. The Morgan fingerprint density at radius 3 is 2.65 bits per heavy atom. The monoisotopic (exact) mass is 357 g/mol. The van der Waals surface area contributed by atoms with Crippen molar-refractivity contribution in [1.29, 1.82) is 0 Å². The van der Waals surface area contributed by atoms with Crippen molar-refractivity contribution in [3.8, 4) is 5.75 Å². The lowest BCUT2D eigenvalue weighted by Crippen LogP contribution is -2.14. The molecule has 0 heterocycles. The Hall–Kier alpha value is -1.79. The van der Waals surface area contributed by atoms with Crippen molar-refractivity contribution in [3.63, 3.8) is 0 Å². The molecule has 3 nitrogen and oxygen atoms in total. The molecular weight excluding hydrogens is 344 g/mol. The van der Waals surface area contributed by atoms with Crippen LogP contribution in [0.2, 0.25) is 5.02 Å². The van der Waals surface area contributed by atoms with E-state index < -0.39 is 11.6 Å². The zero-order valence-electron chi connectivity index (χ0n) is 12.2. The zero-order valence-corrected chi connectivity index (χ0v) is 13.8. The van der Waals surface area contributed by atoms with Gasteiger partial charge in [-0.2, -0.15) is 0 Å². The van der Waals surface area contributed by atoms with Crippen LogP contribution in [0.4, 0.5) is 14.5 Å². The van der Waals surface area contributed by atoms with Crippen molar-refractivity contribution >= 4 is 35.0 Å². The Morgan fingerprint density at radius 1 is 1.22 bits per heavy atom. The average Bonchev–Trinajstić information content (AvgIpc) is 2.51. The maximum absolute atomic E-state index is 13.5. The maximum atomic E-state index is 13.5. The molecule has 0 saturated carbocycles. The normalized spacial score (nSPS) is 10.4. The lowest BCUT2D eigenvalue weighted by atomic mass is 10.2. The number of rotatable bonds is 6. The first kappa shape index (κ1) is 17.6. The van der Waals surface area contributed by atoms with Gasteiger partial charge in [-0.15, -0.1) is 11.8 Å². The lowest BCUT2D eigenvalue weighted by Gasteiger charge is -2.07. The number of carbonyl (C=O) groups is 1. The van der Waals surface area contributed by atoms with Crippen LogP contribution in [0.1, 0.15) is 5.56 Å². The second-order valence-corrected chi connectivity index (χ2v) is 6.03. The van der Waals surface area contributed by atoms with E-state index in [0.717, 1.165) is 5.56 Å². The highest BCUT2D eigenvalue weighted by Gasteiger charge is 2.07. The first-order chi connectivity index (χ1) is 11.0. The molecule has 0 fully saturated rings. The van der Waals surface area contributed by atoms with Gasteiger partial charge in [-0.1, -0.05) is 17.7 Å². The summed E-state index contributed by atoms with van der Waals surface area (Å²) in [5, 5.41) is 2.57. The van der Waals surface area contributed by atoms with E-state index in [4.69, 9.17) is 16.3 Å². The molecule has 0 spiro atoms. The van der Waals surface area contributed by atoms with Crippen LogP contribution in [-0.2, 0) is 10.5 Å². The summed E-state index contributed by atoms with van der Waals surface area (Å²) in [6.07, 6.45) is 0. The lowest BCUT2D eigenvalue weighted by molar-refractivity contribution is -0.113. The Kier molecular flexibility index (Phi) is 6.24. The molecule has 0 saturated heterocycles. The van der Waals surface area contributed by atoms with Crippen LogP contribution in [0.15, 0.2) is 36.4 Å². The number of ether oxygens (including phenoxy) is 1. The SMILES string of the molecule is COc1ccc(CSCC(=O)Nc2ccc(F)c(Cl)c2)cc1F. The van der Waals surface area contributed by atoms with Gasteiger partial charge in [0.15, 0.2) is 11.6 Å². The van der Waals surface area contributed by atoms with Crippen LogP contribution >= 0.6 is 23.4 Å². The van der Waals surface area contributed by atoms with Crippen molar-refractivity contribution in [3.05, 3.63) is 58.6 Å². The molecule has 0 bridgehead atoms. The van der Waals surface area contributed by atoms with Crippen molar-refractivity contribution in [2.24, 2.45) is 0 Å². The van der Waals surface area contributed by atoms with Crippen molar-refractivity contribution < 1.29 is 18.3 Å². The molecule has 122 valence electrons. The molecule has 0 aliphatic carbocycles. The molecule has 1 N–H and O–H groups in total. The third kappa shape index (κ3) is 5.11. The Bertz CT molecular complexity index is 712. The molecule has 0 aliphatic rings. The Balaban J connectivity index is 1.82. The van der Waals surface area contributed by atoms with Gasteiger partial charge in [-0.25, -0.2) is 8.78 Å². The minimum atomic E-state index is -0.541. The predicted octanol–water partition coefficient (Wildman–Crippen LogP) is 4.50. The Labute approximate surface area is 142 Å². The predicted molar refractivity (Wildman–Crippen MR) is 89.2 cm³/mol. The van der Waals surface area contributed by atoms with Gasteiger partial charge in [0.05, 0.1) is 17.9 Å². The highest BCUT2D eigenvalue weighted by molar-refractivity contribution is 7.99. The molecule has 0 aromatic heterocycles. The summed E-state index contributed by atoms with van der Waals surface area (Å²) in [4.78, 5) is 11.8. The fourth-order valence-electron chi connectivity index (χ4n) is 1.83. The first-order valence-corrected chi connectivity index (χ1v) is 8.18. The average molecular weight is 358 g/mol. The van der Waals surface area contributed by atoms with E-state index in [1.54, 1.807) is 12.1 Å². The van der Waals surface area contributed by atoms with Crippen LogP contribution in [0.5, 0.6) is 5.75 Å². The number of methoxy groups -OCH3 is 1. The summed E-state index contributed by atoms with van der Waals surface area (Å²) in [6.45, 7) is 0. The summed E-state index contributed by atoms with van der Waals surface area (Å²) in [7, 11) is 1.40. The highest BCUT2D eigenvalue weighted by Crippen LogP contribution is 2.22. The molecule has 2 aromatic carbocycles. The zero-order chi connectivity index (χ0) is 16.8. The second-order valence-electron chi connectivity index (χ2n) is 4.64. The number of halogens is 3. The number of nitrogens with one attached hydrogen (secondary N) is 1. The van der Waals surface area contributed by atoms with Gasteiger partial charge < -0.3 is 10.1 Å². The summed E-state index contributed by atoms with van der Waals surface area (Å²) < 4.78 is 31.4. The summed E-state index contributed by atoms with van der Waals surface area (Å²) in [5.74, 6) is -0.367. The van der Waals surface area contributed by atoms with Crippen LogP contribution in [0.25, 0.3) is 0 Å². The Morgan fingerprint density at radius 2 is 2.00 bits per heavy atom. The van der Waals surface area contributed by atoms with Gasteiger partial charge in [0.25, 0.3) is 0 Å². The van der Waals surface area contributed by atoms with Crippen LogP contribution < -0.4 is 10.1 Å². The van der Waals surface area contributed by atoms with Crippen LogP contribution in [0.3, 0.4) is 0 Å². The molecule has 7 heteroatoms. The fourth-order valence-corrected chi connectivity index (χ4v) is 2.79. The molecule has 2 aromatic rings. The van der Waals surface area contributed by atoms with Crippen molar-refractivity contribution in [2.75, 3.05) is 18.2 Å². The topological polar surface area (TPSA) is 38.3 Å². The molecule has 0 unspecified atom stereocenters. The molecule has 0 aliphatic heterocycles. The van der Waals surface area contributed by atoms with E-state index in [1.165, 1.54) is 43.1 Å². The van der Waals surface area contributed by atoms with Crippen LogP contribution in [0, 0.1) is 11.6 Å². The van der Waals surface area contributed by atoms with Gasteiger partial charge in [0, 0.05) is 11.4 Å². The number of anilines is 1. The molecule has 1 amide bonds. The molecule has 2 rings (SSSR count). The van der Waals surface area contributed by atoms with E-state index >= 15 is 0 Å². The van der Waals surface area contributed by atoms with E-state index in [-0.39, 0.29) is 22.4 Å².